The summed E-state index contributed by atoms with van der Waals surface area (Å²) >= 11 is 12.1. The first-order valence-corrected chi connectivity index (χ1v) is 8.84. The van der Waals surface area contributed by atoms with Gasteiger partial charge in [0.25, 0.3) is 0 Å². The topological polar surface area (TPSA) is 12.0 Å². The van der Waals surface area contributed by atoms with Crippen molar-refractivity contribution in [2.24, 2.45) is 0 Å². The van der Waals surface area contributed by atoms with E-state index in [1.54, 1.807) is 0 Å². The van der Waals surface area contributed by atoms with Gasteiger partial charge in [-0.15, -0.1) is 0 Å². The van der Waals surface area contributed by atoms with Crippen molar-refractivity contribution in [1.82, 2.24) is 0 Å². The van der Waals surface area contributed by atoms with Gasteiger partial charge < -0.3 is 5.32 Å². The molecule has 1 nitrogen and oxygen atoms in total. The van der Waals surface area contributed by atoms with Crippen LogP contribution in [0.2, 0.25) is 5.02 Å². The van der Waals surface area contributed by atoms with Crippen LogP contribution in [-0.2, 0) is 0 Å². The molecule has 0 aromatic heterocycles. The van der Waals surface area contributed by atoms with Crippen LogP contribution in [0.25, 0.3) is 0 Å². The molecule has 0 radical (unpaired) electrons. The van der Waals surface area contributed by atoms with E-state index in [4.69, 9.17) is 11.6 Å². The number of halogens is 3. The lowest BCUT2D eigenvalue weighted by atomic mass is 9.76. The van der Waals surface area contributed by atoms with Crippen LogP contribution in [0.3, 0.4) is 0 Å². The number of hydrogen-bond donors (Lipinski definition) is 1. The number of hydrogen-bond acceptors (Lipinski definition) is 1. The van der Waals surface area contributed by atoms with E-state index in [1.165, 1.54) is 22.0 Å². The fourth-order valence-electron chi connectivity index (χ4n) is 2.59. The summed E-state index contributed by atoms with van der Waals surface area (Å²) in [5.41, 5.74) is 2.47. The highest BCUT2D eigenvalue weighted by Gasteiger charge is 2.30. The molecule has 0 spiro atoms. The van der Waals surface area contributed by atoms with Crippen LogP contribution in [0.5, 0.6) is 0 Å². The van der Waals surface area contributed by atoms with Gasteiger partial charge in [-0.2, -0.15) is 0 Å². The van der Waals surface area contributed by atoms with Gasteiger partial charge in [-0.05, 0) is 77.2 Å². The number of nitrogens with one attached hydrogen (secondary N) is 1. The predicted molar refractivity (Wildman–Crippen MR) is 97.7 cm³/mol. The second-order valence-corrected chi connectivity index (χ2v) is 7.76. The van der Waals surface area contributed by atoms with Gasteiger partial charge in [-0.25, -0.2) is 0 Å². The summed E-state index contributed by atoms with van der Waals surface area (Å²) in [5.74, 6) is 0.660. The average Bonchev–Trinajstić information content (AvgIpc) is 2.35. The molecule has 104 valence electrons. The van der Waals surface area contributed by atoms with E-state index in [2.05, 4.69) is 80.2 Å². The van der Waals surface area contributed by atoms with Crippen LogP contribution in [0, 0.1) is 3.57 Å². The van der Waals surface area contributed by atoms with Gasteiger partial charge in [0.15, 0.2) is 0 Å². The molecule has 0 saturated heterocycles. The molecule has 1 N–H and O–H groups in total. The molecule has 1 aliphatic carbocycles. The van der Waals surface area contributed by atoms with Crippen molar-refractivity contribution in [2.75, 3.05) is 5.32 Å². The molecular weight excluding hydrogens is 448 g/mol. The maximum atomic E-state index is 6.26. The molecule has 0 aliphatic heterocycles. The van der Waals surface area contributed by atoms with Crippen molar-refractivity contribution < 1.29 is 0 Å². The van der Waals surface area contributed by atoms with Crippen LogP contribution in [-0.4, -0.2) is 6.04 Å². The van der Waals surface area contributed by atoms with Crippen molar-refractivity contribution in [3.63, 3.8) is 0 Å². The lowest BCUT2D eigenvalue weighted by molar-refractivity contribution is 0.374. The monoisotopic (exact) mass is 461 g/mol. The van der Waals surface area contributed by atoms with Crippen LogP contribution in [0.4, 0.5) is 5.69 Å². The standard InChI is InChI=1S/C16H14BrClIN/c17-12-3-1-2-10(6-12)11-7-14(8-11)20-16-5-4-13(19)9-15(16)18/h1-6,9,11,14,20H,7-8H2. The molecule has 1 aliphatic rings. The molecule has 2 aromatic rings. The zero-order valence-electron chi connectivity index (χ0n) is 10.7. The van der Waals surface area contributed by atoms with E-state index in [9.17, 15) is 0 Å². The normalized spacial score (nSPS) is 21.4. The van der Waals surface area contributed by atoms with Crippen molar-refractivity contribution in [1.29, 1.82) is 0 Å². The summed E-state index contributed by atoms with van der Waals surface area (Å²) in [6, 6.07) is 15.3. The average molecular weight is 463 g/mol. The lowest BCUT2D eigenvalue weighted by Crippen LogP contribution is -2.34. The molecule has 4 heteroatoms. The van der Waals surface area contributed by atoms with Gasteiger partial charge in [0, 0.05) is 14.1 Å². The Labute approximate surface area is 146 Å². The van der Waals surface area contributed by atoms with E-state index < -0.39 is 0 Å². The second kappa shape index (κ2) is 6.24. The third-order valence-electron chi connectivity index (χ3n) is 3.75. The van der Waals surface area contributed by atoms with Crippen LogP contribution >= 0.6 is 50.1 Å². The molecule has 0 heterocycles. The Kier molecular flexibility index (Phi) is 4.58. The van der Waals surface area contributed by atoms with Gasteiger partial charge in [0.2, 0.25) is 0 Å². The van der Waals surface area contributed by atoms with E-state index in [1.807, 2.05) is 6.07 Å². The van der Waals surface area contributed by atoms with Crippen LogP contribution < -0.4 is 5.32 Å². The first kappa shape index (κ1) is 14.7. The van der Waals surface area contributed by atoms with Crippen molar-refractivity contribution in [2.45, 2.75) is 24.8 Å². The largest absolute Gasteiger partial charge is 0.381 e. The number of rotatable bonds is 3. The maximum absolute atomic E-state index is 6.26. The van der Waals surface area contributed by atoms with Crippen LogP contribution in [0.15, 0.2) is 46.9 Å². The number of benzene rings is 2. The van der Waals surface area contributed by atoms with Crippen molar-refractivity contribution in [3.05, 3.63) is 61.1 Å². The summed E-state index contributed by atoms with van der Waals surface area (Å²) in [7, 11) is 0. The van der Waals surface area contributed by atoms with E-state index in [0.717, 1.165) is 15.2 Å². The minimum absolute atomic E-state index is 0.525. The van der Waals surface area contributed by atoms with Crippen LogP contribution in [0.1, 0.15) is 24.3 Å². The molecule has 1 saturated carbocycles. The summed E-state index contributed by atoms with van der Waals surface area (Å²) < 4.78 is 2.32. The third kappa shape index (κ3) is 3.31. The Hall–Kier alpha value is -0.260. The van der Waals surface area contributed by atoms with Gasteiger partial charge in [0.1, 0.15) is 0 Å². The van der Waals surface area contributed by atoms with E-state index in [0.29, 0.717) is 12.0 Å². The SMILES string of the molecule is Clc1cc(I)ccc1NC1CC(c2cccc(Br)c2)C1. The highest BCUT2D eigenvalue weighted by atomic mass is 127. The zero-order valence-corrected chi connectivity index (χ0v) is 15.2. The first-order valence-electron chi connectivity index (χ1n) is 6.59. The minimum atomic E-state index is 0.525. The highest BCUT2D eigenvalue weighted by molar-refractivity contribution is 14.1. The third-order valence-corrected chi connectivity index (χ3v) is 5.23. The first-order chi connectivity index (χ1) is 9.61. The highest BCUT2D eigenvalue weighted by Crippen LogP contribution is 2.40. The van der Waals surface area contributed by atoms with E-state index >= 15 is 0 Å². The van der Waals surface area contributed by atoms with Gasteiger partial charge in [-0.3, -0.25) is 0 Å². The molecule has 1 fully saturated rings. The Morgan fingerprint density at radius 2 is 1.95 bits per heavy atom. The fourth-order valence-corrected chi connectivity index (χ4v) is 3.92. The summed E-state index contributed by atoms with van der Waals surface area (Å²) in [4.78, 5) is 0. The smallest absolute Gasteiger partial charge is 0.0648 e. The lowest BCUT2D eigenvalue weighted by Gasteiger charge is -2.37. The molecule has 0 amide bonds. The summed E-state index contributed by atoms with van der Waals surface area (Å²) in [5, 5.41) is 4.35. The fraction of sp³-hybridized carbons (Fsp3) is 0.250. The summed E-state index contributed by atoms with van der Waals surface area (Å²) in [6.07, 6.45) is 2.33. The minimum Gasteiger partial charge on any atom is -0.381 e. The molecule has 20 heavy (non-hydrogen) atoms. The molecular formula is C16H14BrClIN. The molecule has 0 bridgehead atoms. The van der Waals surface area contributed by atoms with Crippen molar-refractivity contribution >= 4 is 55.8 Å². The van der Waals surface area contributed by atoms with Gasteiger partial charge in [0.05, 0.1) is 10.7 Å². The summed E-state index contributed by atoms with van der Waals surface area (Å²) in [6.45, 7) is 0. The van der Waals surface area contributed by atoms with Gasteiger partial charge >= 0.3 is 0 Å². The Balaban J connectivity index is 1.61. The van der Waals surface area contributed by atoms with E-state index in [-0.39, 0.29) is 0 Å². The Morgan fingerprint density at radius 3 is 2.65 bits per heavy atom. The van der Waals surface area contributed by atoms with Crippen molar-refractivity contribution in [3.8, 4) is 0 Å². The second-order valence-electron chi connectivity index (χ2n) is 5.19. The Bertz CT molecular complexity index is 626. The quantitative estimate of drug-likeness (QED) is 0.547. The molecule has 3 rings (SSSR count). The molecule has 0 atom stereocenters. The van der Waals surface area contributed by atoms with Gasteiger partial charge in [-0.1, -0.05) is 39.7 Å². The molecule has 0 unspecified atom stereocenters. The zero-order chi connectivity index (χ0) is 14.1. The predicted octanol–water partition coefficient (Wildman–Crippen LogP) is 6.07. The molecule has 2 aromatic carbocycles. The Morgan fingerprint density at radius 1 is 1.15 bits per heavy atom. The number of anilines is 1. The maximum Gasteiger partial charge on any atom is 0.0648 e.